The Morgan fingerprint density at radius 2 is 2.08 bits per heavy atom. The Bertz CT molecular complexity index is 1050. The molecule has 1 aliphatic rings. The molecule has 0 aliphatic heterocycles. The van der Waals surface area contributed by atoms with E-state index < -0.39 is 10.0 Å². The summed E-state index contributed by atoms with van der Waals surface area (Å²) in [5.41, 5.74) is 2.91. The fraction of sp³-hybridized carbons (Fsp3) is 0.158. The van der Waals surface area contributed by atoms with Crippen molar-refractivity contribution in [3.8, 4) is 0 Å². The van der Waals surface area contributed by atoms with Crippen LogP contribution in [0.5, 0.6) is 0 Å². The summed E-state index contributed by atoms with van der Waals surface area (Å²) in [5.74, 6) is -0.359. The van der Waals surface area contributed by atoms with Crippen molar-refractivity contribution in [1.29, 1.82) is 0 Å². The number of hydrogen-bond acceptors (Lipinski definition) is 4. The minimum Gasteiger partial charge on any atom is -0.463 e. The predicted molar refractivity (Wildman–Crippen MR) is 98.3 cm³/mol. The van der Waals surface area contributed by atoms with E-state index in [0.717, 1.165) is 11.1 Å². The van der Waals surface area contributed by atoms with Gasteiger partial charge in [-0.05, 0) is 48.4 Å². The molecule has 0 amide bonds. The predicted octanol–water partition coefficient (Wildman–Crippen LogP) is 3.54. The normalized spacial score (nSPS) is 12.7. The highest BCUT2D eigenvalue weighted by Crippen LogP contribution is 2.29. The Morgan fingerprint density at radius 1 is 1.27 bits per heavy atom. The molecule has 26 heavy (non-hydrogen) atoms. The summed E-state index contributed by atoms with van der Waals surface area (Å²) in [7, 11) is -3.81. The Kier molecular flexibility index (Phi) is 4.78. The fourth-order valence-corrected chi connectivity index (χ4v) is 3.78. The van der Waals surface area contributed by atoms with Crippen LogP contribution in [0.4, 0.5) is 11.4 Å². The summed E-state index contributed by atoms with van der Waals surface area (Å²) in [4.78, 5) is 15.1. The molecule has 1 N–H and O–H groups in total. The van der Waals surface area contributed by atoms with Gasteiger partial charge in [-0.3, -0.25) is 4.72 Å². The molecule has 0 bridgehead atoms. The van der Waals surface area contributed by atoms with Gasteiger partial charge < -0.3 is 4.74 Å². The van der Waals surface area contributed by atoms with Gasteiger partial charge in [0.2, 0.25) is 0 Å². The van der Waals surface area contributed by atoms with E-state index >= 15 is 0 Å². The second kappa shape index (κ2) is 7.02. The van der Waals surface area contributed by atoms with Crippen molar-refractivity contribution < 1.29 is 17.9 Å². The minimum absolute atomic E-state index is 0.0225. The van der Waals surface area contributed by atoms with Gasteiger partial charge in [0.15, 0.2) is 5.69 Å². The van der Waals surface area contributed by atoms with Crippen LogP contribution in [0.2, 0.25) is 0 Å². The van der Waals surface area contributed by atoms with Crippen LogP contribution in [0.25, 0.3) is 10.9 Å². The lowest BCUT2D eigenvalue weighted by Crippen LogP contribution is -2.12. The Morgan fingerprint density at radius 3 is 2.81 bits per heavy atom. The summed E-state index contributed by atoms with van der Waals surface area (Å²) >= 11 is 0. The second-order valence-corrected chi connectivity index (χ2v) is 7.38. The third-order valence-corrected chi connectivity index (χ3v) is 5.28. The monoisotopic (exact) mass is 368 g/mol. The van der Waals surface area contributed by atoms with Crippen LogP contribution in [0.1, 0.15) is 18.1 Å². The van der Waals surface area contributed by atoms with Gasteiger partial charge in [-0.15, -0.1) is 0 Å². The zero-order valence-corrected chi connectivity index (χ0v) is 14.8. The molecule has 0 atom stereocenters. The molecule has 2 aromatic carbocycles. The number of ether oxygens (including phenoxy) is 1. The molecular weight excluding hydrogens is 352 g/mol. The van der Waals surface area contributed by atoms with E-state index in [2.05, 4.69) is 9.57 Å². The molecule has 0 aromatic heterocycles. The van der Waals surface area contributed by atoms with Crippen LogP contribution in [-0.2, 0) is 26.0 Å². The summed E-state index contributed by atoms with van der Waals surface area (Å²) in [6, 6.07) is 10.9. The van der Waals surface area contributed by atoms with E-state index in [9.17, 15) is 13.2 Å². The maximum Gasteiger partial charge on any atom is 0.334 e. The van der Waals surface area contributed by atoms with E-state index in [4.69, 9.17) is 11.3 Å². The Hall–Kier alpha value is -3.11. The number of anilines is 1. The number of fused-ring (bicyclic) bond motifs is 1. The Labute approximate surface area is 152 Å². The maximum absolute atomic E-state index is 12.5. The first-order chi connectivity index (χ1) is 12.4. The molecule has 0 radical (unpaired) electrons. The van der Waals surface area contributed by atoms with Gasteiger partial charge >= 0.3 is 5.97 Å². The zero-order chi connectivity index (χ0) is 18.7. The van der Waals surface area contributed by atoms with E-state index in [1.54, 1.807) is 37.3 Å². The molecule has 6 nitrogen and oxygen atoms in total. The number of sulfonamides is 1. The first-order valence-corrected chi connectivity index (χ1v) is 9.42. The van der Waals surface area contributed by atoms with Crippen LogP contribution in [-0.4, -0.2) is 21.0 Å². The van der Waals surface area contributed by atoms with Crippen molar-refractivity contribution in [2.45, 2.75) is 18.2 Å². The molecule has 0 saturated carbocycles. The quantitative estimate of drug-likeness (QED) is 0.647. The summed E-state index contributed by atoms with van der Waals surface area (Å²) in [6.45, 7) is 9.05. The molecule has 0 saturated heterocycles. The number of benzene rings is 2. The van der Waals surface area contributed by atoms with Gasteiger partial charge in [0.1, 0.15) is 0 Å². The van der Waals surface area contributed by atoms with E-state index in [1.807, 2.05) is 0 Å². The largest absolute Gasteiger partial charge is 0.463 e. The lowest BCUT2D eigenvalue weighted by molar-refractivity contribution is -0.138. The number of hydrogen-bond donors (Lipinski definition) is 1. The number of esters is 1. The molecule has 0 fully saturated rings. The number of rotatable bonds is 5. The molecule has 1 aliphatic carbocycles. The van der Waals surface area contributed by atoms with Crippen LogP contribution >= 0.6 is 0 Å². The number of nitrogens with one attached hydrogen (secondary N) is 1. The molecule has 0 heterocycles. The molecular formula is C19H16N2O4S. The lowest BCUT2D eigenvalue weighted by atomic mass is 10.1. The summed E-state index contributed by atoms with van der Waals surface area (Å²) in [6.07, 6.45) is 2.18. The van der Waals surface area contributed by atoms with Gasteiger partial charge in [0, 0.05) is 17.7 Å². The standard InChI is InChI=1S/C19H16N2O4S/c1-3-25-19(22)15-9-13-7-8-17(11-14(13)10-15)21-26(23,24)18-6-4-5-16(12-18)20-2/h4-8,10-12,21H,3,9H2,1H3. The van der Waals surface area contributed by atoms with Gasteiger partial charge in [-0.25, -0.2) is 18.1 Å². The van der Waals surface area contributed by atoms with Crippen LogP contribution in [0, 0.1) is 6.57 Å². The highest BCUT2D eigenvalue weighted by atomic mass is 32.2. The zero-order valence-electron chi connectivity index (χ0n) is 14.0. The lowest BCUT2D eigenvalue weighted by Gasteiger charge is -2.10. The molecule has 0 unspecified atom stereocenters. The average Bonchev–Trinajstić information content (AvgIpc) is 3.05. The second-order valence-electron chi connectivity index (χ2n) is 5.70. The van der Waals surface area contributed by atoms with Crippen molar-refractivity contribution >= 4 is 33.4 Å². The van der Waals surface area contributed by atoms with Crippen molar-refractivity contribution in [1.82, 2.24) is 0 Å². The topological polar surface area (TPSA) is 76.8 Å². The summed E-state index contributed by atoms with van der Waals surface area (Å²) < 4.78 is 32.6. The SMILES string of the molecule is [C-]#[N+]c1cccc(S(=O)(=O)Nc2ccc3c(c2)C=C(C(=O)OCC)C3)c1. The maximum atomic E-state index is 12.5. The highest BCUT2D eigenvalue weighted by Gasteiger charge is 2.21. The third kappa shape index (κ3) is 3.60. The van der Waals surface area contributed by atoms with Crippen molar-refractivity contribution in [3.63, 3.8) is 0 Å². The molecule has 7 heteroatoms. The smallest absolute Gasteiger partial charge is 0.334 e. The van der Waals surface area contributed by atoms with Crippen LogP contribution in [0.3, 0.4) is 0 Å². The van der Waals surface area contributed by atoms with Crippen LogP contribution in [0.15, 0.2) is 52.9 Å². The first-order valence-electron chi connectivity index (χ1n) is 7.94. The number of carbonyl (C=O) groups is 1. The third-order valence-electron chi connectivity index (χ3n) is 3.90. The molecule has 3 rings (SSSR count). The van der Waals surface area contributed by atoms with Crippen molar-refractivity contribution in [3.05, 3.63) is 70.6 Å². The highest BCUT2D eigenvalue weighted by molar-refractivity contribution is 7.92. The fourth-order valence-electron chi connectivity index (χ4n) is 2.69. The molecule has 132 valence electrons. The van der Waals surface area contributed by atoms with Gasteiger partial charge in [-0.1, -0.05) is 18.2 Å². The van der Waals surface area contributed by atoms with Crippen molar-refractivity contribution in [2.75, 3.05) is 11.3 Å². The van der Waals surface area contributed by atoms with E-state index in [1.165, 1.54) is 18.2 Å². The van der Waals surface area contributed by atoms with Gasteiger partial charge in [0.25, 0.3) is 10.0 Å². The summed E-state index contributed by atoms with van der Waals surface area (Å²) in [5, 5.41) is 0. The first kappa shape index (κ1) is 17.7. The molecule has 0 spiro atoms. The van der Waals surface area contributed by atoms with E-state index in [-0.39, 0.29) is 16.6 Å². The van der Waals surface area contributed by atoms with Gasteiger partial charge in [-0.2, -0.15) is 0 Å². The number of carbonyl (C=O) groups excluding carboxylic acids is 1. The average molecular weight is 368 g/mol. The minimum atomic E-state index is -3.81. The Balaban J connectivity index is 1.85. The van der Waals surface area contributed by atoms with Crippen LogP contribution < -0.4 is 4.72 Å². The van der Waals surface area contributed by atoms with Gasteiger partial charge in [0.05, 0.1) is 18.1 Å². The van der Waals surface area contributed by atoms with E-state index in [0.29, 0.717) is 24.3 Å². The van der Waals surface area contributed by atoms with Crippen molar-refractivity contribution in [2.24, 2.45) is 0 Å². The number of nitrogens with zero attached hydrogens (tertiary/aromatic N) is 1. The molecule has 2 aromatic rings.